The summed E-state index contributed by atoms with van der Waals surface area (Å²) in [6, 6.07) is 7.69. The van der Waals surface area contributed by atoms with Crippen LogP contribution in [0.5, 0.6) is 11.6 Å². The summed E-state index contributed by atoms with van der Waals surface area (Å²) < 4.78 is 5.98. The normalized spacial score (nSPS) is 10.1. The maximum Gasteiger partial charge on any atom is 0.341 e. The molecule has 0 fully saturated rings. The van der Waals surface area contributed by atoms with Gasteiger partial charge in [0.15, 0.2) is 0 Å². The first-order valence-corrected chi connectivity index (χ1v) is 6.08. The molecule has 0 aliphatic heterocycles. The number of carboxylic acid groups (broad SMARTS) is 1. The van der Waals surface area contributed by atoms with Gasteiger partial charge in [-0.05, 0) is 28.1 Å². The zero-order valence-corrected chi connectivity index (χ0v) is 11.4. The Hall–Kier alpha value is -2.48. The Labute approximate surface area is 121 Å². The van der Waals surface area contributed by atoms with Gasteiger partial charge in [-0.1, -0.05) is 12.1 Å². The highest BCUT2D eigenvalue weighted by Gasteiger charge is 2.19. The Morgan fingerprint density at radius 3 is 2.70 bits per heavy atom. The number of rotatable bonds is 4. The molecule has 1 N–H and O–H groups in total. The molecule has 0 unspecified atom stereocenters. The van der Waals surface area contributed by atoms with E-state index < -0.39 is 16.6 Å². The third-order valence-electron chi connectivity index (χ3n) is 2.32. The van der Waals surface area contributed by atoms with Crippen LogP contribution < -0.4 is 4.74 Å². The number of aromatic carboxylic acids is 1. The van der Waals surface area contributed by atoms with Gasteiger partial charge in [-0.25, -0.2) is 9.78 Å². The van der Waals surface area contributed by atoms with Gasteiger partial charge in [-0.3, -0.25) is 10.1 Å². The molecule has 2 rings (SSSR count). The first kappa shape index (κ1) is 13.9. The van der Waals surface area contributed by atoms with Crippen LogP contribution in [0.1, 0.15) is 10.4 Å². The van der Waals surface area contributed by atoms with Gasteiger partial charge < -0.3 is 9.84 Å². The van der Waals surface area contributed by atoms with E-state index in [0.717, 1.165) is 12.3 Å². The van der Waals surface area contributed by atoms with E-state index in [1.54, 1.807) is 24.3 Å². The molecule has 0 aliphatic carbocycles. The topological polar surface area (TPSA) is 103 Å². The van der Waals surface area contributed by atoms with E-state index in [9.17, 15) is 14.9 Å². The minimum atomic E-state index is -1.36. The van der Waals surface area contributed by atoms with E-state index in [-0.39, 0.29) is 11.4 Å². The van der Waals surface area contributed by atoms with Crippen molar-refractivity contribution < 1.29 is 19.6 Å². The number of nitrogens with zero attached hydrogens (tertiary/aromatic N) is 2. The largest absolute Gasteiger partial charge is 0.477 e. The molecule has 8 heteroatoms. The number of carbonyl (C=O) groups is 1. The molecule has 1 aromatic heterocycles. The Kier molecular flexibility index (Phi) is 3.94. The highest BCUT2D eigenvalue weighted by Crippen LogP contribution is 2.31. The number of para-hydroxylation sites is 1. The fourth-order valence-corrected chi connectivity index (χ4v) is 1.77. The molecular formula is C12H7BrN2O5. The standard InChI is InChI=1S/C12H7BrN2O5/c13-9-3-1-2-4-10(9)20-11-8(12(16)17)5-7(6-14-11)15(18)19/h1-6H,(H,16,17). The summed E-state index contributed by atoms with van der Waals surface area (Å²) in [6.45, 7) is 0. The van der Waals surface area contributed by atoms with E-state index in [0.29, 0.717) is 10.2 Å². The average molecular weight is 339 g/mol. The second-order valence-corrected chi connectivity index (χ2v) is 4.50. The third-order valence-corrected chi connectivity index (χ3v) is 2.98. The summed E-state index contributed by atoms with van der Waals surface area (Å²) in [5.74, 6) is -1.21. The molecule has 0 aliphatic rings. The Balaban J connectivity index is 2.44. The highest BCUT2D eigenvalue weighted by molar-refractivity contribution is 9.10. The lowest BCUT2D eigenvalue weighted by Crippen LogP contribution is -2.03. The average Bonchev–Trinajstić information content (AvgIpc) is 2.41. The first-order valence-electron chi connectivity index (χ1n) is 5.29. The number of carboxylic acids is 1. The smallest absolute Gasteiger partial charge is 0.341 e. The lowest BCUT2D eigenvalue weighted by Gasteiger charge is -2.08. The molecule has 0 amide bonds. The number of halogens is 1. The zero-order chi connectivity index (χ0) is 14.7. The second kappa shape index (κ2) is 5.66. The van der Waals surface area contributed by atoms with Crippen molar-refractivity contribution in [3.05, 3.63) is 56.7 Å². The quantitative estimate of drug-likeness (QED) is 0.678. The number of benzene rings is 1. The lowest BCUT2D eigenvalue weighted by atomic mass is 10.2. The second-order valence-electron chi connectivity index (χ2n) is 3.64. The summed E-state index contributed by atoms with van der Waals surface area (Å²) in [5, 5.41) is 19.7. The van der Waals surface area contributed by atoms with E-state index in [1.165, 1.54) is 0 Å². The number of pyridine rings is 1. The van der Waals surface area contributed by atoms with Crippen LogP contribution in [0.15, 0.2) is 41.0 Å². The summed E-state index contributed by atoms with van der Waals surface area (Å²) in [6.07, 6.45) is 0.943. The molecule has 20 heavy (non-hydrogen) atoms. The number of ether oxygens (including phenoxy) is 1. The van der Waals surface area contributed by atoms with Gasteiger partial charge in [0, 0.05) is 6.07 Å². The minimum Gasteiger partial charge on any atom is -0.477 e. The maximum absolute atomic E-state index is 11.1. The molecule has 0 saturated carbocycles. The fourth-order valence-electron chi connectivity index (χ4n) is 1.41. The van der Waals surface area contributed by atoms with E-state index in [1.807, 2.05) is 0 Å². The number of hydrogen-bond donors (Lipinski definition) is 1. The first-order chi connectivity index (χ1) is 9.49. The lowest BCUT2D eigenvalue weighted by molar-refractivity contribution is -0.385. The molecule has 2 aromatic rings. The molecule has 0 spiro atoms. The summed E-state index contributed by atoms with van der Waals surface area (Å²) in [4.78, 5) is 24.7. The van der Waals surface area contributed by atoms with Crippen LogP contribution in [0.2, 0.25) is 0 Å². The molecule has 0 bridgehead atoms. The minimum absolute atomic E-state index is 0.213. The van der Waals surface area contributed by atoms with Gasteiger partial charge in [0.05, 0.1) is 9.40 Å². The van der Waals surface area contributed by atoms with Crippen molar-refractivity contribution >= 4 is 27.6 Å². The molecule has 7 nitrogen and oxygen atoms in total. The summed E-state index contributed by atoms with van der Waals surface area (Å²) in [7, 11) is 0. The van der Waals surface area contributed by atoms with E-state index in [2.05, 4.69) is 20.9 Å². The van der Waals surface area contributed by atoms with Crippen molar-refractivity contribution in [2.45, 2.75) is 0 Å². The SMILES string of the molecule is O=C(O)c1cc([N+](=O)[O-])cnc1Oc1ccccc1Br. The van der Waals surface area contributed by atoms with Crippen LogP contribution in [0, 0.1) is 10.1 Å². The van der Waals surface area contributed by atoms with Crippen molar-refractivity contribution in [2.75, 3.05) is 0 Å². The monoisotopic (exact) mass is 338 g/mol. The van der Waals surface area contributed by atoms with E-state index >= 15 is 0 Å². The number of nitro groups is 1. The number of hydrogen-bond acceptors (Lipinski definition) is 5. The summed E-state index contributed by atoms with van der Waals surface area (Å²) >= 11 is 3.24. The Bertz CT molecular complexity index is 689. The van der Waals surface area contributed by atoms with Crippen LogP contribution >= 0.6 is 15.9 Å². The van der Waals surface area contributed by atoms with Crippen molar-refractivity contribution in [1.29, 1.82) is 0 Å². The van der Waals surface area contributed by atoms with Gasteiger partial charge in [0.1, 0.15) is 17.5 Å². The molecule has 102 valence electrons. The van der Waals surface area contributed by atoms with Crippen molar-refractivity contribution in [3.63, 3.8) is 0 Å². The molecule has 0 radical (unpaired) electrons. The van der Waals surface area contributed by atoms with E-state index in [4.69, 9.17) is 9.84 Å². The fraction of sp³-hybridized carbons (Fsp3) is 0. The van der Waals surface area contributed by atoms with Gasteiger partial charge in [-0.15, -0.1) is 0 Å². The highest BCUT2D eigenvalue weighted by atomic mass is 79.9. The maximum atomic E-state index is 11.1. The number of aromatic nitrogens is 1. The predicted molar refractivity (Wildman–Crippen MR) is 72.1 cm³/mol. The van der Waals surface area contributed by atoms with Crippen LogP contribution in [0.4, 0.5) is 5.69 Å². The van der Waals surface area contributed by atoms with Crippen molar-refractivity contribution in [2.24, 2.45) is 0 Å². The van der Waals surface area contributed by atoms with Crippen molar-refractivity contribution in [3.8, 4) is 11.6 Å². The van der Waals surface area contributed by atoms with Gasteiger partial charge in [-0.2, -0.15) is 0 Å². The molecular weight excluding hydrogens is 332 g/mol. The third kappa shape index (κ3) is 2.91. The van der Waals surface area contributed by atoms with Gasteiger partial charge in [0.25, 0.3) is 5.69 Å². The van der Waals surface area contributed by atoms with Crippen molar-refractivity contribution in [1.82, 2.24) is 4.98 Å². The van der Waals surface area contributed by atoms with Crippen LogP contribution in [-0.2, 0) is 0 Å². The molecule has 0 atom stereocenters. The van der Waals surface area contributed by atoms with Crippen LogP contribution in [0.3, 0.4) is 0 Å². The zero-order valence-electron chi connectivity index (χ0n) is 9.82. The predicted octanol–water partition coefficient (Wildman–Crippen LogP) is 3.24. The van der Waals surface area contributed by atoms with Gasteiger partial charge in [0.2, 0.25) is 5.88 Å². The molecule has 1 aromatic carbocycles. The van der Waals surface area contributed by atoms with Crippen LogP contribution in [-0.4, -0.2) is 21.0 Å². The molecule has 0 saturated heterocycles. The Morgan fingerprint density at radius 1 is 1.40 bits per heavy atom. The summed E-state index contributed by atoms with van der Waals surface area (Å²) in [5.41, 5.74) is -0.795. The van der Waals surface area contributed by atoms with Gasteiger partial charge >= 0.3 is 5.97 Å². The Morgan fingerprint density at radius 2 is 2.10 bits per heavy atom. The van der Waals surface area contributed by atoms with Crippen LogP contribution in [0.25, 0.3) is 0 Å². The molecule has 1 heterocycles.